The summed E-state index contributed by atoms with van der Waals surface area (Å²) in [5.74, 6) is -1.23. The van der Waals surface area contributed by atoms with E-state index < -0.39 is 5.82 Å². The highest BCUT2D eigenvalue weighted by Gasteiger charge is 2.12. The third-order valence-corrected chi connectivity index (χ3v) is 2.60. The molecule has 0 atom stereocenters. The van der Waals surface area contributed by atoms with E-state index in [4.69, 9.17) is 5.11 Å². The van der Waals surface area contributed by atoms with E-state index in [1.54, 1.807) is 22.9 Å². The van der Waals surface area contributed by atoms with Crippen molar-refractivity contribution in [2.24, 2.45) is 0 Å². The number of hydrogen-bond acceptors (Lipinski definition) is 2. The molecule has 1 amide bonds. The molecule has 2 N–H and O–H groups in total. The number of aromatic hydroxyl groups is 1. The van der Waals surface area contributed by atoms with Crippen molar-refractivity contribution in [1.29, 1.82) is 0 Å². The van der Waals surface area contributed by atoms with Crippen molar-refractivity contribution >= 4 is 11.6 Å². The number of phenolic OH excluding ortho intramolecular Hbond substituents is 1. The standard InChI is InChI=1S/C13H13FN2O2/c1-2-16-7-3-4-12(16)13(18)15-11-6-5-9(17)8-10(11)14/h3-8,17H,2H2,1H3,(H,15,18). The van der Waals surface area contributed by atoms with Crippen LogP contribution in [0.5, 0.6) is 5.75 Å². The lowest BCUT2D eigenvalue weighted by Gasteiger charge is -2.08. The van der Waals surface area contributed by atoms with Crippen LogP contribution in [0.15, 0.2) is 36.5 Å². The molecule has 94 valence electrons. The molecule has 1 aromatic carbocycles. The quantitative estimate of drug-likeness (QED) is 0.820. The molecule has 1 aromatic heterocycles. The molecule has 0 aliphatic heterocycles. The third-order valence-electron chi connectivity index (χ3n) is 2.60. The second kappa shape index (κ2) is 4.91. The number of halogens is 1. The Morgan fingerprint density at radius 1 is 1.44 bits per heavy atom. The molecule has 0 saturated carbocycles. The number of hydrogen-bond donors (Lipinski definition) is 2. The molecule has 0 spiro atoms. The summed E-state index contributed by atoms with van der Waals surface area (Å²) >= 11 is 0. The number of anilines is 1. The van der Waals surface area contributed by atoms with Crippen LogP contribution in [0.3, 0.4) is 0 Å². The summed E-state index contributed by atoms with van der Waals surface area (Å²) in [5.41, 5.74) is 0.506. The number of carbonyl (C=O) groups excluding carboxylic acids is 1. The molecule has 18 heavy (non-hydrogen) atoms. The van der Waals surface area contributed by atoms with E-state index in [0.717, 1.165) is 6.07 Å². The van der Waals surface area contributed by atoms with Gasteiger partial charge in [-0.25, -0.2) is 4.39 Å². The van der Waals surface area contributed by atoms with Gasteiger partial charge in [-0.1, -0.05) is 0 Å². The number of carbonyl (C=O) groups is 1. The van der Waals surface area contributed by atoms with Crippen molar-refractivity contribution in [2.45, 2.75) is 13.5 Å². The lowest BCUT2D eigenvalue weighted by Crippen LogP contribution is -2.17. The average molecular weight is 248 g/mol. The lowest BCUT2D eigenvalue weighted by molar-refractivity contribution is 0.101. The van der Waals surface area contributed by atoms with E-state index >= 15 is 0 Å². The van der Waals surface area contributed by atoms with Gasteiger partial charge in [0.15, 0.2) is 0 Å². The highest BCUT2D eigenvalue weighted by atomic mass is 19.1. The van der Waals surface area contributed by atoms with Gasteiger partial charge >= 0.3 is 0 Å². The van der Waals surface area contributed by atoms with E-state index in [0.29, 0.717) is 12.2 Å². The number of benzene rings is 1. The Balaban J connectivity index is 2.21. The van der Waals surface area contributed by atoms with Crippen LogP contribution in [-0.4, -0.2) is 15.6 Å². The lowest BCUT2D eigenvalue weighted by atomic mass is 10.2. The zero-order valence-corrected chi connectivity index (χ0v) is 9.85. The Bertz CT molecular complexity index is 578. The fraction of sp³-hybridized carbons (Fsp3) is 0.154. The number of aromatic nitrogens is 1. The normalized spacial score (nSPS) is 10.3. The third kappa shape index (κ3) is 2.34. The SMILES string of the molecule is CCn1cccc1C(=O)Nc1ccc(O)cc1F. The first-order chi connectivity index (χ1) is 8.61. The number of amides is 1. The van der Waals surface area contributed by atoms with Crippen LogP contribution >= 0.6 is 0 Å². The molecule has 4 nitrogen and oxygen atoms in total. The monoisotopic (exact) mass is 248 g/mol. The minimum atomic E-state index is -0.669. The molecular weight excluding hydrogens is 235 g/mol. The van der Waals surface area contributed by atoms with Gasteiger partial charge in [-0.2, -0.15) is 0 Å². The molecule has 0 fully saturated rings. The van der Waals surface area contributed by atoms with Gasteiger partial charge in [0.25, 0.3) is 5.91 Å². The van der Waals surface area contributed by atoms with Gasteiger partial charge in [-0.15, -0.1) is 0 Å². The molecular formula is C13H13FN2O2. The van der Waals surface area contributed by atoms with E-state index in [1.807, 2.05) is 6.92 Å². The van der Waals surface area contributed by atoms with E-state index in [1.165, 1.54) is 12.1 Å². The van der Waals surface area contributed by atoms with Gasteiger partial charge in [-0.3, -0.25) is 4.79 Å². The summed E-state index contributed by atoms with van der Waals surface area (Å²) in [7, 11) is 0. The largest absolute Gasteiger partial charge is 0.508 e. The first-order valence-corrected chi connectivity index (χ1v) is 5.57. The molecule has 2 rings (SSSR count). The number of phenols is 1. The van der Waals surface area contributed by atoms with Gasteiger partial charge in [0.2, 0.25) is 0 Å². The van der Waals surface area contributed by atoms with Crippen molar-refractivity contribution in [2.75, 3.05) is 5.32 Å². The summed E-state index contributed by atoms with van der Waals surface area (Å²) in [6.07, 6.45) is 1.78. The van der Waals surface area contributed by atoms with E-state index in [9.17, 15) is 9.18 Å². The van der Waals surface area contributed by atoms with Gasteiger partial charge in [0.05, 0.1) is 5.69 Å². The average Bonchev–Trinajstić information content (AvgIpc) is 2.81. The molecule has 5 heteroatoms. The van der Waals surface area contributed by atoms with Crippen LogP contribution < -0.4 is 5.32 Å². The summed E-state index contributed by atoms with van der Waals surface area (Å²) in [6, 6.07) is 7.01. The highest BCUT2D eigenvalue weighted by molar-refractivity contribution is 6.03. The molecule has 0 unspecified atom stereocenters. The van der Waals surface area contributed by atoms with Crippen LogP contribution in [0.2, 0.25) is 0 Å². The first kappa shape index (κ1) is 12.2. The maximum absolute atomic E-state index is 13.5. The molecule has 1 heterocycles. The highest BCUT2D eigenvalue weighted by Crippen LogP contribution is 2.20. The van der Waals surface area contributed by atoms with Crippen molar-refractivity contribution < 1.29 is 14.3 Å². The smallest absolute Gasteiger partial charge is 0.272 e. The molecule has 0 saturated heterocycles. The van der Waals surface area contributed by atoms with Crippen LogP contribution in [0, 0.1) is 5.82 Å². The minimum Gasteiger partial charge on any atom is -0.508 e. The van der Waals surface area contributed by atoms with E-state index in [2.05, 4.69) is 5.32 Å². The van der Waals surface area contributed by atoms with Gasteiger partial charge in [-0.05, 0) is 31.2 Å². The Morgan fingerprint density at radius 2 is 2.22 bits per heavy atom. The Kier molecular flexibility index (Phi) is 3.32. The van der Waals surface area contributed by atoms with Gasteiger partial charge in [0, 0.05) is 18.8 Å². The number of nitrogens with one attached hydrogen (secondary N) is 1. The summed E-state index contributed by atoms with van der Waals surface area (Å²) in [5, 5.41) is 11.5. The predicted molar refractivity (Wildman–Crippen MR) is 66.1 cm³/mol. The fourth-order valence-electron chi connectivity index (χ4n) is 1.69. The summed E-state index contributed by atoms with van der Waals surface area (Å²) in [6.45, 7) is 2.58. The maximum Gasteiger partial charge on any atom is 0.272 e. The molecule has 0 radical (unpaired) electrons. The summed E-state index contributed by atoms with van der Waals surface area (Å²) < 4.78 is 15.2. The van der Waals surface area contributed by atoms with Crippen LogP contribution in [0.1, 0.15) is 17.4 Å². The van der Waals surface area contributed by atoms with E-state index in [-0.39, 0.29) is 17.3 Å². The Labute approximate surface area is 104 Å². The zero-order chi connectivity index (χ0) is 13.1. The van der Waals surface area contributed by atoms with Gasteiger partial charge in [0.1, 0.15) is 17.3 Å². The Morgan fingerprint density at radius 3 is 2.89 bits per heavy atom. The Hall–Kier alpha value is -2.30. The molecule has 0 aliphatic rings. The van der Waals surface area contributed by atoms with Crippen molar-refractivity contribution in [3.05, 3.63) is 48.0 Å². The second-order valence-electron chi connectivity index (χ2n) is 3.80. The first-order valence-electron chi connectivity index (χ1n) is 5.57. The maximum atomic E-state index is 13.5. The number of rotatable bonds is 3. The van der Waals surface area contributed by atoms with Gasteiger partial charge < -0.3 is 15.0 Å². The fourth-order valence-corrected chi connectivity index (χ4v) is 1.69. The predicted octanol–water partition coefficient (Wildman–Crippen LogP) is 2.61. The van der Waals surface area contributed by atoms with Crippen LogP contribution in [-0.2, 0) is 6.54 Å². The van der Waals surface area contributed by atoms with Crippen LogP contribution in [0.4, 0.5) is 10.1 Å². The minimum absolute atomic E-state index is 0.0432. The van der Waals surface area contributed by atoms with Crippen molar-refractivity contribution in [3.8, 4) is 5.75 Å². The topological polar surface area (TPSA) is 54.3 Å². The number of aryl methyl sites for hydroxylation is 1. The van der Waals surface area contributed by atoms with Crippen LogP contribution in [0.25, 0.3) is 0 Å². The number of nitrogens with zero attached hydrogens (tertiary/aromatic N) is 1. The second-order valence-corrected chi connectivity index (χ2v) is 3.80. The summed E-state index contributed by atoms with van der Waals surface area (Å²) in [4.78, 5) is 11.9. The molecule has 2 aromatic rings. The van der Waals surface area contributed by atoms with Crippen molar-refractivity contribution in [1.82, 2.24) is 4.57 Å². The molecule has 0 aliphatic carbocycles. The zero-order valence-electron chi connectivity index (χ0n) is 9.85. The molecule has 0 bridgehead atoms. The van der Waals surface area contributed by atoms with Crippen molar-refractivity contribution in [3.63, 3.8) is 0 Å².